The van der Waals surface area contributed by atoms with E-state index in [0.29, 0.717) is 0 Å². The molecule has 0 N–H and O–H groups in total. The summed E-state index contributed by atoms with van der Waals surface area (Å²) in [6, 6.07) is 0. The fraction of sp³-hybridized carbons (Fsp3) is 0. The third-order valence-electron chi connectivity index (χ3n) is 0. The molecule has 0 saturated carbocycles. The van der Waals surface area contributed by atoms with Crippen LogP contribution in [0, 0.1) is 0 Å². The van der Waals surface area contributed by atoms with E-state index in [4.69, 9.17) is 0 Å². The summed E-state index contributed by atoms with van der Waals surface area (Å²) in [7, 11) is 0. The zero-order valence-corrected chi connectivity index (χ0v) is 16.9. The molecular formula is H10Cu2S4SnZn. The minimum Gasteiger partial charge on any atom is 0 e. The van der Waals surface area contributed by atoms with Crippen molar-refractivity contribution in [2.45, 2.75) is 0 Å². The summed E-state index contributed by atoms with van der Waals surface area (Å²) in [5.41, 5.74) is 0. The minimum absolute atomic E-state index is 0. The quantitative estimate of drug-likeness (QED) is 0.439. The third-order valence-corrected chi connectivity index (χ3v) is 0. The smallest absolute Gasteiger partial charge is 0 e. The van der Waals surface area contributed by atoms with Gasteiger partial charge in [-0.2, -0.15) is 54.0 Å². The molecule has 0 atom stereocenters. The van der Waals surface area contributed by atoms with Crippen LogP contribution in [0.3, 0.4) is 0 Å². The van der Waals surface area contributed by atoms with Gasteiger partial charge in [0, 0.05) is 53.6 Å². The summed E-state index contributed by atoms with van der Waals surface area (Å²) in [4.78, 5) is 0. The molecule has 0 saturated heterocycles. The Morgan fingerprint density at radius 3 is 0.500 bits per heavy atom. The average molecular weight is 450 g/mol. The SMILES string of the molecule is S.S.S.S.[Cu].[Cu].[SnH2].[Zn]. The van der Waals surface area contributed by atoms with E-state index in [2.05, 4.69) is 0 Å². The predicted octanol–water partition coefficient (Wildman–Crippen LogP) is -0.473. The zero-order valence-electron chi connectivity index (χ0n) is 4.02. The van der Waals surface area contributed by atoms with Crippen LogP contribution in [-0.2, 0) is 53.6 Å². The Bertz CT molecular complexity index is 14.0. The molecule has 0 aromatic carbocycles. The maximum Gasteiger partial charge on any atom is 0 e. The van der Waals surface area contributed by atoms with E-state index >= 15 is 0 Å². The van der Waals surface area contributed by atoms with E-state index in [1.807, 2.05) is 0 Å². The molecule has 0 aliphatic heterocycles. The van der Waals surface area contributed by atoms with Gasteiger partial charge in [-0.3, -0.25) is 0 Å². The van der Waals surface area contributed by atoms with Gasteiger partial charge in [-0.25, -0.2) is 0 Å². The van der Waals surface area contributed by atoms with Gasteiger partial charge in [0.05, 0.1) is 0 Å². The number of hydrogen-bond acceptors (Lipinski definition) is 0. The predicted molar refractivity (Wildman–Crippen MR) is 50.1 cm³/mol. The van der Waals surface area contributed by atoms with E-state index in [-0.39, 0.29) is 132 Å². The summed E-state index contributed by atoms with van der Waals surface area (Å²) in [5.74, 6) is 0. The van der Waals surface area contributed by atoms with Crippen molar-refractivity contribution in [1.29, 1.82) is 0 Å². The Morgan fingerprint density at radius 1 is 0.500 bits per heavy atom. The van der Waals surface area contributed by atoms with Crippen LogP contribution in [0.5, 0.6) is 0 Å². The molecule has 8 heteroatoms. The van der Waals surface area contributed by atoms with Gasteiger partial charge < -0.3 is 0 Å². The maximum absolute atomic E-state index is 0. The van der Waals surface area contributed by atoms with Gasteiger partial charge in [-0.1, -0.05) is 0 Å². The summed E-state index contributed by atoms with van der Waals surface area (Å²) < 4.78 is 0. The second-order valence-corrected chi connectivity index (χ2v) is 0. The molecule has 0 unspecified atom stereocenters. The topological polar surface area (TPSA) is 0 Å². The number of hydrogen-bond donors (Lipinski definition) is 0. The Labute approximate surface area is 129 Å². The molecule has 8 heavy (non-hydrogen) atoms. The van der Waals surface area contributed by atoms with Gasteiger partial charge in [0.25, 0.3) is 0 Å². The second kappa shape index (κ2) is 70.8. The average Bonchev–Trinajstić information content (AvgIpc) is 0. The second-order valence-electron chi connectivity index (χ2n) is 0. The molecule has 0 nitrogen and oxygen atoms in total. The first-order valence-corrected chi connectivity index (χ1v) is 0. The van der Waals surface area contributed by atoms with E-state index in [1.54, 1.807) is 0 Å². The summed E-state index contributed by atoms with van der Waals surface area (Å²) in [5, 5.41) is 0. The molecule has 0 bridgehead atoms. The van der Waals surface area contributed by atoms with Crippen LogP contribution in [0.1, 0.15) is 0 Å². The molecule has 0 aromatic rings. The first kappa shape index (κ1) is 93.9. The maximum atomic E-state index is 0. The van der Waals surface area contributed by atoms with E-state index in [0.717, 1.165) is 0 Å². The van der Waals surface area contributed by atoms with Crippen molar-refractivity contribution in [3.63, 3.8) is 0 Å². The first-order valence-electron chi connectivity index (χ1n) is 0. The third kappa shape index (κ3) is 51.9. The Morgan fingerprint density at radius 2 is 0.500 bits per heavy atom. The number of rotatable bonds is 0. The largest absolute Gasteiger partial charge is 0 e. The molecule has 0 aliphatic rings. The van der Waals surface area contributed by atoms with Crippen LogP contribution in [0.4, 0.5) is 0 Å². The Balaban J connectivity index is 0. The Kier molecular flexibility index (Phi) is 831. The molecule has 0 amide bonds. The van der Waals surface area contributed by atoms with E-state index in [9.17, 15) is 0 Å². The van der Waals surface area contributed by atoms with Crippen molar-refractivity contribution in [3.05, 3.63) is 0 Å². The van der Waals surface area contributed by atoms with Crippen LogP contribution >= 0.6 is 54.0 Å². The van der Waals surface area contributed by atoms with Crippen molar-refractivity contribution >= 4 is 77.9 Å². The Hall–Kier alpha value is 3.86. The molecule has 4 radical (unpaired) electrons. The minimum atomic E-state index is 0. The fourth-order valence-electron chi connectivity index (χ4n) is 0. The molecular weight excluding hydrogens is 439 g/mol. The van der Waals surface area contributed by atoms with Gasteiger partial charge in [0.2, 0.25) is 0 Å². The van der Waals surface area contributed by atoms with E-state index in [1.165, 1.54) is 0 Å². The van der Waals surface area contributed by atoms with E-state index < -0.39 is 0 Å². The molecule has 0 fully saturated rings. The molecule has 0 aromatic heterocycles. The van der Waals surface area contributed by atoms with Crippen LogP contribution in [0.25, 0.3) is 0 Å². The summed E-state index contributed by atoms with van der Waals surface area (Å²) >= 11 is 0. The van der Waals surface area contributed by atoms with Crippen molar-refractivity contribution in [1.82, 2.24) is 0 Å². The molecule has 0 heterocycles. The van der Waals surface area contributed by atoms with Crippen molar-refractivity contribution in [2.24, 2.45) is 0 Å². The molecule has 0 rings (SSSR count). The van der Waals surface area contributed by atoms with Crippen LogP contribution < -0.4 is 0 Å². The van der Waals surface area contributed by atoms with Gasteiger partial charge >= 0.3 is 23.9 Å². The van der Waals surface area contributed by atoms with Crippen LogP contribution in [0.15, 0.2) is 0 Å². The molecule has 0 aliphatic carbocycles. The van der Waals surface area contributed by atoms with Crippen molar-refractivity contribution in [2.75, 3.05) is 0 Å². The van der Waals surface area contributed by atoms with Crippen LogP contribution in [0.2, 0.25) is 0 Å². The molecule has 0 spiro atoms. The fourth-order valence-corrected chi connectivity index (χ4v) is 0. The van der Waals surface area contributed by atoms with Gasteiger partial charge in [0.1, 0.15) is 0 Å². The molecule has 62 valence electrons. The van der Waals surface area contributed by atoms with Gasteiger partial charge in [-0.05, 0) is 0 Å². The summed E-state index contributed by atoms with van der Waals surface area (Å²) in [6.45, 7) is 0. The standard InChI is InChI=1S/2Cu.4H2S.Sn.Zn.2H/h;;4*1H2;;;;. The van der Waals surface area contributed by atoms with Crippen molar-refractivity contribution < 1.29 is 53.6 Å². The normalized spacial score (nSPS) is 0. The summed E-state index contributed by atoms with van der Waals surface area (Å²) in [6.07, 6.45) is 0. The first-order chi connectivity index (χ1) is 0. The van der Waals surface area contributed by atoms with Crippen LogP contribution in [-0.4, -0.2) is 23.9 Å². The van der Waals surface area contributed by atoms with Gasteiger partial charge in [0.15, 0.2) is 0 Å². The zero-order chi connectivity index (χ0) is 0. The van der Waals surface area contributed by atoms with Gasteiger partial charge in [-0.15, -0.1) is 0 Å². The monoisotopic (exact) mass is 448 g/mol. The van der Waals surface area contributed by atoms with Crippen molar-refractivity contribution in [3.8, 4) is 0 Å².